The molecule has 0 N–H and O–H groups in total. The number of rotatable bonds is 54. The van der Waals surface area contributed by atoms with Crippen LogP contribution in [-0.4, -0.2) is 115 Å². The average Bonchev–Trinajstić information content (AvgIpc) is 0.722. The molecule has 24 nitrogen and oxygen atoms in total. The molecule has 0 aliphatic heterocycles. The summed E-state index contributed by atoms with van der Waals surface area (Å²) in [6.45, 7) is 15.4. The lowest BCUT2D eigenvalue weighted by Gasteiger charge is -2.18. The molecule has 0 aromatic heterocycles. The number of esters is 6. The van der Waals surface area contributed by atoms with Gasteiger partial charge < -0.3 is 85.3 Å². The van der Waals surface area contributed by atoms with Crippen molar-refractivity contribution in [2.24, 2.45) is 0 Å². The molecule has 0 atom stereocenters. The summed E-state index contributed by atoms with van der Waals surface area (Å²) < 4.78 is 108. The van der Waals surface area contributed by atoms with Gasteiger partial charge in [0.15, 0.2) is 34.5 Å². The van der Waals surface area contributed by atoms with Crippen molar-refractivity contribution in [2.75, 3.05) is 79.3 Å². The Kier molecular flexibility index (Phi) is 39.1. The molecule has 0 saturated heterocycles. The normalized spacial score (nSPS) is 11.4. The lowest BCUT2D eigenvalue weighted by atomic mass is 9.93. The van der Waals surface area contributed by atoms with E-state index in [1.165, 1.54) is 72.9 Å². The van der Waals surface area contributed by atoms with E-state index in [1.807, 2.05) is 0 Å². The molecule has 0 spiro atoms. The van der Waals surface area contributed by atoms with Crippen LogP contribution in [0.2, 0.25) is 0 Å². The van der Waals surface area contributed by atoms with Gasteiger partial charge in [-0.15, -0.1) is 0 Å². The number of fused-ring (bicyclic) bond motifs is 6. The van der Waals surface area contributed by atoms with Crippen LogP contribution >= 0.6 is 0 Å². The number of carbonyl (C=O) groups is 6. The van der Waals surface area contributed by atoms with E-state index < -0.39 is 35.8 Å². The van der Waals surface area contributed by atoms with E-state index in [-0.39, 0.29) is 106 Å². The van der Waals surface area contributed by atoms with Crippen LogP contribution in [0.5, 0.6) is 103 Å². The van der Waals surface area contributed by atoms with Crippen molar-refractivity contribution in [1.29, 1.82) is 0 Å². The standard InChI is InChI=1S/C102H108O24/c1-7-13-55-109-73-31-43-79(44-32-73)115-61-19-25-97(103)121-91-67-85-86(68-92(91)122-98(104)26-20-62-116-80-45-33-74(34-46-80)110-56-14-8-2)88-70-94(124-100(106)28-22-64-118-82-49-37-76(38-50-82)112-58-16-10-4)96(126-102(108)30-24-66-120-84-53-41-78(42-54-84)114-60-18-12-6)72-90(88)89-71-95(125-101(107)29-23-65-119-83-51-39-77(40-52-83)113-59-17-11-5)93(69-87(85)89)123-99(105)27-21-63-117-81-47-35-75(36-48-81)111-57-15-9-3/h19-54,67-72H,7-18,55-66H2,1-6H3. The maximum Gasteiger partial charge on any atom is 0.336 e. The summed E-state index contributed by atoms with van der Waals surface area (Å²) in [4.78, 5) is 85.9. The van der Waals surface area contributed by atoms with Crippen molar-refractivity contribution < 1.29 is 114 Å². The summed E-state index contributed by atoms with van der Waals surface area (Å²) in [5.41, 5.74) is 0. The van der Waals surface area contributed by atoms with Gasteiger partial charge in [0.25, 0.3) is 0 Å². The summed E-state index contributed by atoms with van der Waals surface area (Å²) >= 11 is 0. The SMILES string of the molecule is CCCCOc1ccc(OCC=CC(=O)Oc2cc3c4cc(OC(=O)C=CCOc5ccc(OCCCC)cc5)c(OC(=O)C=CCOc5ccc(OCCCC)cc5)cc4c4cc(OC(=O)C=CCOc5ccc(OCCCC)cc5)c(OC(=O)C=CCOc5ccc(OCCCC)cc5)cc4c3cc2OC(=O)C=CCOc2ccc(OCCCC)cc2)cc1. The number of ether oxygens (including phenoxy) is 18. The molecule has 0 aliphatic carbocycles. The molecule has 0 amide bonds. The van der Waals surface area contributed by atoms with E-state index in [0.29, 0.717) is 109 Å². The quantitative estimate of drug-likeness (QED) is 0.0113. The number of benzene rings is 10. The Morgan fingerprint density at radius 1 is 0.190 bits per heavy atom. The number of hydrogen-bond acceptors (Lipinski definition) is 24. The summed E-state index contributed by atoms with van der Waals surface area (Å²) in [5, 5.41) is 1.25. The Morgan fingerprint density at radius 2 is 0.310 bits per heavy atom. The first-order valence-corrected chi connectivity index (χ1v) is 42.7. The predicted octanol–water partition coefficient (Wildman–Crippen LogP) is 21.5. The molecule has 0 unspecified atom stereocenters. The third-order valence-electron chi connectivity index (χ3n) is 18.5. The Labute approximate surface area is 734 Å². The van der Waals surface area contributed by atoms with Gasteiger partial charge in [0, 0.05) is 36.5 Å². The minimum absolute atomic E-state index is 0.0782. The van der Waals surface area contributed by atoms with Crippen LogP contribution < -0.4 is 85.3 Å². The molecular formula is C102H108O24. The van der Waals surface area contributed by atoms with Gasteiger partial charge in [-0.05, 0) is 289 Å². The van der Waals surface area contributed by atoms with Gasteiger partial charge in [-0.3, -0.25) is 0 Å². The van der Waals surface area contributed by atoms with Crippen molar-refractivity contribution in [3.63, 3.8) is 0 Å². The molecule has 0 fully saturated rings. The molecule has 0 radical (unpaired) electrons. The van der Waals surface area contributed by atoms with E-state index in [1.54, 1.807) is 146 Å². The Hall–Kier alpha value is -14.2. The lowest BCUT2D eigenvalue weighted by molar-refractivity contribution is -0.131. The molecule has 10 aromatic carbocycles. The van der Waals surface area contributed by atoms with Crippen LogP contribution in [0.4, 0.5) is 0 Å². The summed E-state index contributed by atoms with van der Waals surface area (Å²) in [6.07, 6.45) is 26.6. The minimum Gasteiger partial charge on any atom is -0.494 e. The second kappa shape index (κ2) is 52.3. The van der Waals surface area contributed by atoms with Gasteiger partial charge in [-0.2, -0.15) is 0 Å². The Bertz CT molecular complexity index is 4440. The van der Waals surface area contributed by atoms with Crippen LogP contribution in [-0.2, 0) is 28.8 Å². The van der Waals surface area contributed by atoms with E-state index in [2.05, 4.69) is 41.5 Å². The van der Waals surface area contributed by atoms with Crippen molar-refractivity contribution in [2.45, 2.75) is 119 Å². The molecule has 0 aliphatic rings. The van der Waals surface area contributed by atoms with E-state index in [0.717, 1.165) is 114 Å². The van der Waals surface area contributed by atoms with Gasteiger partial charge in [0.2, 0.25) is 0 Å². The summed E-state index contributed by atoms with van der Waals surface area (Å²) in [6, 6.07) is 50.7. The molecular weight excluding hydrogens is 1610 g/mol. The van der Waals surface area contributed by atoms with Gasteiger partial charge in [0.05, 0.1) is 39.6 Å². The highest BCUT2D eigenvalue weighted by Crippen LogP contribution is 2.48. The molecule has 10 rings (SSSR count). The first-order valence-electron chi connectivity index (χ1n) is 42.7. The minimum atomic E-state index is -0.936. The molecule has 660 valence electrons. The topological polar surface area (TPSA) is 269 Å². The second-order valence-corrected chi connectivity index (χ2v) is 28.4. The van der Waals surface area contributed by atoms with Crippen LogP contribution in [0.1, 0.15) is 119 Å². The molecule has 0 saturated carbocycles. The lowest BCUT2D eigenvalue weighted by Crippen LogP contribution is -2.11. The molecule has 126 heavy (non-hydrogen) atoms. The highest BCUT2D eigenvalue weighted by Gasteiger charge is 2.25. The fraction of sp³-hybridized carbons (Fsp3) is 0.294. The molecule has 0 heterocycles. The van der Waals surface area contributed by atoms with Crippen LogP contribution in [0.15, 0.2) is 255 Å². The molecule has 10 aromatic rings. The third kappa shape index (κ3) is 31.9. The van der Waals surface area contributed by atoms with E-state index >= 15 is 0 Å². The summed E-state index contributed by atoms with van der Waals surface area (Å²) in [5.74, 6) is -0.447. The zero-order valence-electron chi connectivity index (χ0n) is 72.0. The zero-order valence-corrected chi connectivity index (χ0v) is 72.0. The highest BCUT2D eigenvalue weighted by molar-refractivity contribution is 6.27. The average molecular weight is 1720 g/mol. The van der Waals surface area contributed by atoms with Crippen LogP contribution in [0.3, 0.4) is 0 Å². The Balaban J connectivity index is 1.08. The zero-order chi connectivity index (χ0) is 88.7. The van der Waals surface area contributed by atoms with Crippen molar-refractivity contribution in [3.8, 4) is 103 Å². The molecule has 24 heteroatoms. The monoisotopic (exact) mass is 1720 g/mol. The predicted molar refractivity (Wildman–Crippen MR) is 482 cm³/mol. The van der Waals surface area contributed by atoms with E-state index in [4.69, 9.17) is 85.3 Å². The fourth-order valence-corrected chi connectivity index (χ4v) is 11.9. The maximum absolute atomic E-state index is 14.3. The number of hydrogen-bond donors (Lipinski definition) is 0. The first kappa shape index (κ1) is 94.1. The highest BCUT2D eigenvalue weighted by atomic mass is 16.6. The smallest absolute Gasteiger partial charge is 0.336 e. The van der Waals surface area contributed by atoms with Crippen LogP contribution in [0, 0.1) is 0 Å². The van der Waals surface area contributed by atoms with Gasteiger partial charge in [-0.25, -0.2) is 28.8 Å². The fourth-order valence-electron chi connectivity index (χ4n) is 11.9. The van der Waals surface area contributed by atoms with Crippen molar-refractivity contribution >= 4 is 68.1 Å². The van der Waals surface area contributed by atoms with Crippen molar-refractivity contribution in [3.05, 3.63) is 255 Å². The van der Waals surface area contributed by atoms with Gasteiger partial charge >= 0.3 is 35.8 Å². The number of carbonyl (C=O) groups excluding carboxylic acids is 6. The van der Waals surface area contributed by atoms with Gasteiger partial charge in [-0.1, -0.05) is 80.1 Å². The van der Waals surface area contributed by atoms with Crippen LogP contribution in [0.25, 0.3) is 32.3 Å². The van der Waals surface area contributed by atoms with Gasteiger partial charge in [0.1, 0.15) is 109 Å². The second-order valence-electron chi connectivity index (χ2n) is 28.4. The maximum atomic E-state index is 14.3. The van der Waals surface area contributed by atoms with E-state index in [9.17, 15) is 28.8 Å². The Morgan fingerprint density at radius 3 is 0.429 bits per heavy atom. The van der Waals surface area contributed by atoms with Crippen molar-refractivity contribution in [1.82, 2.24) is 0 Å². The first-order chi connectivity index (χ1) is 61.7. The number of unbranched alkanes of at least 4 members (excludes halogenated alkanes) is 6. The molecule has 0 bridgehead atoms. The third-order valence-corrected chi connectivity index (χ3v) is 18.5. The summed E-state index contributed by atoms with van der Waals surface area (Å²) in [7, 11) is 0. The largest absolute Gasteiger partial charge is 0.494 e.